The minimum Gasteiger partial charge on any atom is -0.278 e. The Morgan fingerprint density at radius 1 is 0.909 bits per heavy atom. The van der Waals surface area contributed by atoms with Crippen molar-refractivity contribution >= 4 is 26.7 Å². The number of hydrogen-bond donors (Lipinski definition) is 1. The van der Waals surface area contributed by atoms with Gasteiger partial charge in [0.15, 0.2) is 0 Å². The van der Waals surface area contributed by atoms with Gasteiger partial charge in [0.1, 0.15) is 5.82 Å². The Morgan fingerprint density at radius 3 is 2.58 bits per heavy atom. The van der Waals surface area contributed by atoms with Crippen LogP contribution in [0.5, 0.6) is 0 Å². The Balaban J connectivity index is 1.48. The van der Waals surface area contributed by atoms with Crippen molar-refractivity contribution in [1.82, 2.24) is 24.7 Å². The van der Waals surface area contributed by atoms with Gasteiger partial charge in [-0.15, -0.1) is 0 Å². The number of nitrogens with zero attached hydrogens (tertiary/aromatic N) is 5. The van der Waals surface area contributed by atoms with E-state index in [2.05, 4.69) is 19.8 Å². The first-order valence-corrected chi connectivity index (χ1v) is 11.4. The maximum atomic E-state index is 13.5. The minimum atomic E-state index is -3.96. The fourth-order valence-electron chi connectivity index (χ4n) is 3.39. The smallest absolute Gasteiger partial charge is 0.262 e. The second-order valence-corrected chi connectivity index (χ2v) is 9.07. The average molecular weight is 460 g/mol. The van der Waals surface area contributed by atoms with Crippen LogP contribution in [0.15, 0.2) is 84.4 Å². The summed E-state index contributed by atoms with van der Waals surface area (Å²) in [6.07, 6.45) is 8.29. The highest BCUT2D eigenvalue weighted by Crippen LogP contribution is 2.27. The number of benzene rings is 2. The predicted molar refractivity (Wildman–Crippen MR) is 122 cm³/mol. The third-order valence-corrected chi connectivity index (χ3v) is 6.35. The summed E-state index contributed by atoms with van der Waals surface area (Å²) in [5, 5.41) is 4.17. The summed E-state index contributed by atoms with van der Waals surface area (Å²) in [5.74, 6) is -0.632. The van der Waals surface area contributed by atoms with Gasteiger partial charge in [-0.05, 0) is 42.0 Å². The third kappa shape index (κ3) is 4.28. The standard InChI is InChI=1S/C23H17FN6O2S/c1-30-14-17(11-27-30)23-13-26-21-6-5-15(8-22(21)28-23)16-7-19(12-25-10-16)29-33(31,32)20-4-2-3-18(24)9-20/h2-14,29H,1H3. The molecule has 33 heavy (non-hydrogen) atoms. The summed E-state index contributed by atoms with van der Waals surface area (Å²) < 4.78 is 42.8. The molecule has 0 fully saturated rings. The fraction of sp³-hybridized carbons (Fsp3) is 0.0435. The number of hydrogen-bond acceptors (Lipinski definition) is 6. The monoisotopic (exact) mass is 460 g/mol. The zero-order valence-electron chi connectivity index (χ0n) is 17.3. The summed E-state index contributed by atoms with van der Waals surface area (Å²) in [6.45, 7) is 0. The van der Waals surface area contributed by atoms with Gasteiger partial charge in [0.25, 0.3) is 10.0 Å². The maximum Gasteiger partial charge on any atom is 0.262 e. The van der Waals surface area contributed by atoms with Gasteiger partial charge in [-0.25, -0.2) is 17.8 Å². The van der Waals surface area contributed by atoms with Crippen molar-refractivity contribution in [2.75, 3.05) is 4.72 Å². The number of sulfonamides is 1. The first kappa shape index (κ1) is 20.7. The van der Waals surface area contributed by atoms with E-state index in [1.165, 1.54) is 24.4 Å². The Bertz CT molecular complexity index is 1600. The van der Waals surface area contributed by atoms with E-state index in [1.807, 2.05) is 31.4 Å². The molecule has 164 valence electrons. The number of nitrogens with one attached hydrogen (secondary N) is 1. The van der Waals surface area contributed by atoms with Gasteiger partial charge >= 0.3 is 0 Å². The van der Waals surface area contributed by atoms with Crippen molar-refractivity contribution in [3.8, 4) is 22.4 Å². The molecule has 3 heterocycles. The number of aromatic nitrogens is 5. The highest BCUT2D eigenvalue weighted by molar-refractivity contribution is 7.92. The van der Waals surface area contributed by atoms with Crippen LogP contribution in [0, 0.1) is 5.82 Å². The van der Waals surface area contributed by atoms with Crippen LogP contribution in [0.25, 0.3) is 33.4 Å². The zero-order chi connectivity index (χ0) is 23.0. The Labute approximate surface area is 188 Å². The Morgan fingerprint density at radius 2 is 1.79 bits per heavy atom. The molecule has 5 aromatic rings. The van der Waals surface area contributed by atoms with E-state index in [0.29, 0.717) is 16.8 Å². The van der Waals surface area contributed by atoms with Gasteiger partial charge in [0.2, 0.25) is 0 Å². The summed E-state index contributed by atoms with van der Waals surface area (Å²) in [5.41, 5.74) is 4.69. The molecule has 0 amide bonds. The van der Waals surface area contributed by atoms with Crippen LogP contribution in [-0.2, 0) is 17.1 Å². The lowest BCUT2D eigenvalue weighted by Crippen LogP contribution is -2.13. The van der Waals surface area contributed by atoms with E-state index in [1.54, 1.807) is 29.3 Å². The van der Waals surface area contributed by atoms with Crippen LogP contribution < -0.4 is 4.72 Å². The van der Waals surface area contributed by atoms with E-state index in [-0.39, 0.29) is 10.6 Å². The van der Waals surface area contributed by atoms with Gasteiger partial charge in [0, 0.05) is 30.6 Å². The zero-order valence-corrected chi connectivity index (χ0v) is 18.2. The highest BCUT2D eigenvalue weighted by atomic mass is 32.2. The predicted octanol–water partition coefficient (Wildman–Crippen LogP) is 4.03. The molecular weight excluding hydrogens is 443 g/mol. The second kappa shape index (κ2) is 8.06. The van der Waals surface area contributed by atoms with Crippen molar-refractivity contribution in [3.63, 3.8) is 0 Å². The SMILES string of the molecule is Cn1cc(-c2cnc3ccc(-c4cncc(NS(=O)(=O)c5cccc(F)c5)c4)cc3n2)cn1. The van der Waals surface area contributed by atoms with Gasteiger partial charge < -0.3 is 0 Å². The molecule has 0 saturated heterocycles. The molecule has 1 N–H and O–H groups in total. The molecule has 2 aromatic carbocycles. The van der Waals surface area contributed by atoms with E-state index < -0.39 is 15.8 Å². The average Bonchev–Trinajstić information content (AvgIpc) is 3.24. The maximum absolute atomic E-state index is 13.5. The molecule has 0 spiro atoms. The number of halogens is 1. The number of rotatable bonds is 5. The lowest BCUT2D eigenvalue weighted by Gasteiger charge is -2.10. The quantitative estimate of drug-likeness (QED) is 0.425. The topological polar surface area (TPSA) is 103 Å². The summed E-state index contributed by atoms with van der Waals surface area (Å²) in [7, 11) is -2.13. The molecule has 0 aliphatic rings. The number of anilines is 1. The molecule has 10 heteroatoms. The van der Waals surface area contributed by atoms with Crippen LogP contribution in [0.4, 0.5) is 10.1 Å². The summed E-state index contributed by atoms with van der Waals surface area (Å²) in [4.78, 5) is 13.1. The van der Waals surface area contributed by atoms with Crippen LogP contribution in [0.2, 0.25) is 0 Å². The molecule has 0 unspecified atom stereocenters. The van der Waals surface area contributed by atoms with Crippen LogP contribution in [0.1, 0.15) is 0 Å². The van der Waals surface area contributed by atoms with E-state index >= 15 is 0 Å². The first-order chi connectivity index (χ1) is 15.9. The Hall–Kier alpha value is -4.18. The second-order valence-electron chi connectivity index (χ2n) is 7.39. The largest absolute Gasteiger partial charge is 0.278 e. The molecule has 0 atom stereocenters. The van der Waals surface area contributed by atoms with Gasteiger partial charge in [-0.1, -0.05) is 12.1 Å². The lowest BCUT2D eigenvalue weighted by molar-refractivity contribution is 0.595. The number of fused-ring (bicyclic) bond motifs is 1. The van der Waals surface area contributed by atoms with Crippen LogP contribution >= 0.6 is 0 Å². The van der Waals surface area contributed by atoms with Crippen molar-refractivity contribution in [3.05, 3.63) is 85.3 Å². The van der Waals surface area contributed by atoms with E-state index in [0.717, 1.165) is 22.7 Å². The first-order valence-electron chi connectivity index (χ1n) is 9.87. The molecule has 0 aliphatic heterocycles. The van der Waals surface area contributed by atoms with Crippen LogP contribution in [0.3, 0.4) is 0 Å². The van der Waals surface area contributed by atoms with Crippen molar-refractivity contribution in [2.24, 2.45) is 7.05 Å². The summed E-state index contributed by atoms with van der Waals surface area (Å²) in [6, 6.07) is 12.0. The molecule has 3 aromatic heterocycles. The molecule has 0 saturated carbocycles. The normalized spacial score (nSPS) is 11.6. The molecule has 5 rings (SSSR count). The van der Waals surface area contributed by atoms with E-state index in [9.17, 15) is 12.8 Å². The Kier molecular flexibility index (Phi) is 5.06. The van der Waals surface area contributed by atoms with Crippen molar-refractivity contribution in [2.45, 2.75) is 4.90 Å². The lowest BCUT2D eigenvalue weighted by atomic mass is 10.1. The number of pyridine rings is 1. The molecule has 0 radical (unpaired) electrons. The number of aryl methyl sites for hydroxylation is 1. The van der Waals surface area contributed by atoms with Crippen molar-refractivity contribution in [1.29, 1.82) is 0 Å². The highest BCUT2D eigenvalue weighted by Gasteiger charge is 2.15. The van der Waals surface area contributed by atoms with Gasteiger partial charge in [0.05, 0.1) is 45.9 Å². The van der Waals surface area contributed by atoms with Crippen molar-refractivity contribution < 1.29 is 12.8 Å². The minimum absolute atomic E-state index is 0.170. The third-order valence-electron chi connectivity index (χ3n) is 4.97. The van der Waals surface area contributed by atoms with Gasteiger partial charge in [-0.3, -0.25) is 19.4 Å². The molecular formula is C23H17FN6O2S. The molecule has 0 bridgehead atoms. The fourth-order valence-corrected chi connectivity index (χ4v) is 4.45. The van der Waals surface area contributed by atoms with Gasteiger partial charge in [-0.2, -0.15) is 5.10 Å². The van der Waals surface area contributed by atoms with E-state index in [4.69, 9.17) is 4.98 Å². The molecule has 8 nitrogen and oxygen atoms in total. The van der Waals surface area contributed by atoms with Crippen LogP contribution in [-0.4, -0.2) is 33.2 Å². The molecule has 0 aliphatic carbocycles. The summed E-state index contributed by atoms with van der Waals surface area (Å²) >= 11 is 0.